The van der Waals surface area contributed by atoms with Gasteiger partial charge in [0.2, 0.25) is 5.91 Å². The van der Waals surface area contributed by atoms with E-state index in [-0.39, 0.29) is 11.9 Å². The van der Waals surface area contributed by atoms with Crippen molar-refractivity contribution in [3.8, 4) is 5.75 Å². The van der Waals surface area contributed by atoms with Crippen LogP contribution in [0.1, 0.15) is 37.1 Å². The quantitative estimate of drug-likeness (QED) is 0.685. The molecule has 1 aromatic carbocycles. The monoisotopic (exact) mass is 387 g/mol. The normalized spacial score (nSPS) is 16.8. The van der Waals surface area contributed by atoms with Crippen LogP contribution in [0.4, 0.5) is 5.69 Å². The minimum Gasteiger partial charge on any atom is -0.497 e. The standard InChI is InChI=1S/C21H29N3O2S/c1-16(13-21(25)23-17-7-5-8-18(14-17)26-2)22-15-19(20-9-6-12-27-20)24-10-3-4-11-24/h5-9,12,14,16,19,22H,3-4,10-11,13,15H2,1-2H3,(H,23,25)/t16-,19+/m1/s1. The molecule has 2 heterocycles. The van der Waals surface area contributed by atoms with Crippen molar-refractivity contribution in [3.63, 3.8) is 0 Å². The Balaban J connectivity index is 1.50. The number of nitrogens with one attached hydrogen (secondary N) is 2. The van der Waals surface area contributed by atoms with E-state index in [4.69, 9.17) is 4.74 Å². The Hall–Kier alpha value is -1.89. The van der Waals surface area contributed by atoms with E-state index in [0.29, 0.717) is 12.5 Å². The molecule has 1 aliphatic rings. The van der Waals surface area contributed by atoms with Crippen molar-refractivity contribution in [3.05, 3.63) is 46.7 Å². The molecule has 0 radical (unpaired) electrons. The number of benzene rings is 1. The second kappa shape index (κ2) is 9.88. The average molecular weight is 388 g/mol. The van der Waals surface area contributed by atoms with E-state index >= 15 is 0 Å². The van der Waals surface area contributed by atoms with Gasteiger partial charge < -0.3 is 15.4 Å². The fourth-order valence-electron chi connectivity index (χ4n) is 3.52. The molecule has 1 aromatic heterocycles. The average Bonchev–Trinajstić information content (AvgIpc) is 3.36. The number of anilines is 1. The molecule has 1 aliphatic heterocycles. The predicted molar refractivity (Wildman–Crippen MR) is 112 cm³/mol. The fraction of sp³-hybridized carbons (Fsp3) is 0.476. The SMILES string of the molecule is COc1cccc(NC(=O)C[C@@H](C)NC[C@@H](c2cccs2)N2CCCC2)c1. The third kappa shape index (κ3) is 5.79. The summed E-state index contributed by atoms with van der Waals surface area (Å²) in [5.74, 6) is 0.750. The number of carbonyl (C=O) groups is 1. The summed E-state index contributed by atoms with van der Waals surface area (Å²) in [4.78, 5) is 16.3. The summed E-state index contributed by atoms with van der Waals surface area (Å²) in [5, 5.41) is 8.66. The van der Waals surface area contributed by atoms with Crippen LogP contribution in [0.5, 0.6) is 5.75 Å². The number of carbonyl (C=O) groups excluding carboxylic acids is 1. The number of nitrogens with zero attached hydrogens (tertiary/aromatic N) is 1. The molecule has 0 saturated carbocycles. The van der Waals surface area contributed by atoms with Gasteiger partial charge >= 0.3 is 0 Å². The second-order valence-corrected chi connectivity index (χ2v) is 8.05. The highest BCUT2D eigenvalue weighted by atomic mass is 32.1. The Morgan fingerprint density at radius 3 is 2.78 bits per heavy atom. The lowest BCUT2D eigenvalue weighted by Crippen LogP contribution is -2.38. The topological polar surface area (TPSA) is 53.6 Å². The van der Waals surface area contributed by atoms with Gasteiger partial charge in [0.1, 0.15) is 5.75 Å². The number of methoxy groups -OCH3 is 1. The van der Waals surface area contributed by atoms with Crippen LogP contribution in [0, 0.1) is 0 Å². The lowest BCUT2D eigenvalue weighted by molar-refractivity contribution is -0.116. The van der Waals surface area contributed by atoms with Crippen LogP contribution in [0.3, 0.4) is 0 Å². The Morgan fingerprint density at radius 1 is 1.26 bits per heavy atom. The molecule has 3 rings (SSSR count). The predicted octanol–water partition coefficient (Wildman–Crippen LogP) is 3.90. The summed E-state index contributed by atoms with van der Waals surface area (Å²) in [5.41, 5.74) is 0.764. The largest absolute Gasteiger partial charge is 0.497 e. The molecule has 5 nitrogen and oxygen atoms in total. The first-order chi connectivity index (χ1) is 13.2. The number of hydrogen-bond acceptors (Lipinski definition) is 5. The molecule has 2 atom stereocenters. The maximum atomic E-state index is 12.4. The van der Waals surface area contributed by atoms with Crippen molar-refractivity contribution in [1.82, 2.24) is 10.2 Å². The number of ether oxygens (including phenoxy) is 1. The van der Waals surface area contributed by atoms with Crippen LogP contribution >= 0.6 is 11.3 Å². The molecule has 146 valence electrons. The van der Waals surface area contributed by atoms with Gasteiger partial charge in [-0.05, 0) is 56.4 Å². The minimum absolute atomic E-state index is 0.0112. The molecular formula is C21H29N3O2S. The molecule has 0 bridgehead atoms. The maximum Gasteiger partial charge on any atom is 0.225 e. The molecule has 0 aliphatic carbocycles. The fourth-order valence-corrected chi connectivity index (χ4v) is 4.38. The zero-order valence-electron chi connectivity index (χ0n) is 16.1. The van der Waals surface area contributed by atoms with E-state index in [2.05, 4.69) is 40.0 Å². The molecule has 6 heteroatoms. The van der Waals surface area contributed by atoms with Gasteiger partial charge in [-0.15, -0.1) is 11.3 Å². The third-order valence-electron chi connectivity index (χ3n) is 4.96. The van der Waals surface area contributed by atoms with E-state index in [1.807, 2.05) is 35.6 Å². The highest BCUT2D eigenvalue weighted by molar-refractivity contribution is 7.10. The molecule has 2 aromatic rings. The van der Waals surface area contributed by atoms with Gasteiger partial charge in [0.05, 0.1) is 13.2 Å². The lowest BCUT2D eigenvalue weighted by atomic mass is 10.1. The minimum atomic E-state index is 0.0112. The van der Waals surface area contributed by atoms with Gasteiger partial charge in [0.25, 0.3) is 0 Å². The Bertz CT molecular complexity index is 714. The number of amides is 1. The molecule has 0 spiro atoms. The van der Waals surface area contributed by atoms with Gasteiger partial charge in [0, 0.05) is 35.6 Å². The number of rotatable bonds is 9. The number of likely N-dealkylation sites (tertiary alicyclic amines) is 1. The summed E-state index contributed by atoms with van der Waals surface area (Å²) < 4.78 is 5.20. The van der Waals surface area contributed by atoms with E-state index in [1.54, 1.807) is 7.11 Å². The zero-order valence-corrected chi connectivity index (χ0v) is 16.9. The highest BCUT2D eigenvalue weighted by Gasteiger charge is 2.24. The Kier molecular flexibility index (Phi) is 7.26. The van der Waals surface area contributed by atoms with Crippen LogP contribution in [0.2, 0.25) is 0 Å². The van der Waals surface area contributed by atoms with E-state index in [9.17, 15) is 4.79 Å². The van der Waals surface area contributed by atoms with Crippen molar-refractivity contribution in [2.24, 2.45) is 0 Å². The van der Waals surface area contributed by atoms with Crippen molar-refractivity contribution >= 4 is 22.9 Å². The Labute approximate surface area is 165 Å². The number of thiophene rings is 1. The summed E-state index contributed by atoms with van der Waals surface area (Å²) in [7, 11) is 1.62. The number of hydrogen-bond donors (Lipinski definition) is 2. The molecule has 1 fully saturated rings. The van der Waals surface area contributed by atoms with Gasteiger partial charge in [-0.1, -0.05) is 12.1 Å². The molecule has 27 heavy (non-hydrogen) atoms. The van der Waals surface area contributed by atoms with Crippen molar-refractivity contribution in [2.45, 2.75) is 38.3 Å². The smallest absolute Gasteiger partial charge is 0.225 e. The van der Waals surface area contributed by atoms with Gasteiger partial charge in [0.15, 0.2) is 0 Å². The second-order valence-electron chi connectivity index (χ2n) is 7.07. The van der Waals surface area contributed by atoms with E-state index < -0.39 is 0 Å². The summed E-state index contributed by atoms with van der Waals surface area (Å²) in [6, 6.07) is 12.3. The van der Waals surface area contributed by atoms with Gasteiger partial charge in [-0.3, -0.25) is 9.69 Å². The van der Waals surface area contributed by atoms with Gasteiger partial charge in [-0.25, -0.2) is 0 Å². The van der Waals surface area contributed by atoms with Crippen LogP contribution in [0.25, 0.3) is 0 Å². The van der Waals surface area contributed by atoms with Crippen LogP contribution in [-0.2, 0) is 4.79 Å². The van der Waals surface area contributed by atoms with Gasteiger partial charge in [-0.2, -0.15) is 0 Å². The first-order valence-electron chi connectivity index (χ1n) is 9.60. The van der Waals surface area contributed by atoms with Crippen LogP contribution in [-0.4, -0.2) is 43.6 Å². The zero-order chi connectivity index (χ0) is 19.1. The van der Waals surface area contributed by atoms with E-state index in [0.717, 1.165) is 31.1 Å². The van der Waals surface area contributed by atoms with Crippen LogP contribution in [0.15, 0.2) is 41.8 Å². The Morgan fingerprint density at radius 2 is 2.07 bits per heavy atom. The summed E-state index contributed by atoms with van der Waals surface area (Å²) in [6.45, 7) is 5.26. The maximum absolute atomic E-state index is 12.4. The summed E-state index contributed by atoms with van der Waals surface area (Å²) in [6.07, 6.45) is 3.00. The lowest BCUT2D eigenvalue weighted by Gasteiger charge is -2.28. The molecular weight excluding hydrogens is 358 g/mol. The van der Waals surface area contributed by atoms with Crippen LogP contribution < -0.4 is 15.4 Å². The third-order valence-corrected chi connectivity index (χ3v) is 5.93. The first-order valence-corrected chi connectivity index (χ1v) is 10.5. The van der Waals surface area contributed by atoms with Crippen molar-refractivity contribution in [1.29, 1.82) is 0 Å². The van der Waals surface area contributed by atoms with Crippen molar-refractivity contribution < 1.29 is 9.53 Å². The van der Waals surface area contributed by atoms with E-state index in [1.165, 1.54) is 17.7 Å². The molecule has 0 unspecified atom stereocenters. The summed E-state index contributed by atoms with van der Waals surface area (Å²) >= 11 is 1.82. The van der Waals surface area contributed by atoms with Crippen molar-refractivity contribution in [2.75, 3.05) is 32.1 Å². The molecule has 1 saturated heterocycles. The first kappa shape index (κ1) is 19.9. The molecule has 2 N–H and O–H groups in total. The molecule has 1 amide bonds. The highest BCUT2D eigenvalue weighted by Crippen LogP contribution is 2.28.